The predicted octanol–water partition coefficient (Wildman–Crippen LogP) is -2.74. The van der Waals surface area contributed by atoms with Crippen LogP contribution in [0.5, 0.6) is 0 Å². The molecule has 2 aliphatic heterocycles. The van der Waals surface area contributed by atoms with Crippen molar-refractivity contribution < 1.29 is 61.1 Å². The first kappa shape index (κ1) is 23.6. The molecule has 1 saturated heterocycles. The van der Waals surface area contributed by atoms with Gasteiger partial charge in [-0.3, -0.25) is 0 Å². The van der Waals surface area contributed by atoms with Crippen molar-refractivity contribution in [1.29, 1.82) is 0 Å². The summed E-state index contributed by atoms with van der Waals surface area (Å²) in [6, 6.07) is -1.44. The van der Waals surface area contributed by atoms with Gasteiger partial charge in [-0.1, -0.05) is 0 Å². The summed E-state index contributed by atoms with van der Waals surface area (Å²) in [5, 5.41) is 7.35. The Morgan fingerprint density at radius 2 is 2.10 bits per heavy atom. The van der Waals surface area contributed by atoms with Gasteiger partial charge in [0.15, 0.2) is 0 Å². The summed E-state index contributed by atoms with van der Waals surface area (Å²) in [4.78, 5) is 25.2. The second-order valence-electron chi connectivity index (χ2n) is 7.35. The van der Waals surface area contributed by atoms with E-state index in [-0.39, 0.29) is 49.2 Å². The van der Waals surface area contributed by atoms with E-state index >= 15 is 0 Å². The van der Waals surface area contributed by atoms with Crippen LogP contribution in [-0.4, -0.2) is 69.6 Å². The molecule has 1 N–H and O–H groups in total. The zero-order chi connectivity index (χ0) is 20.7. The quantitative estimate of drug-likeness (QED) is 0.297. The van der Waals surface area contributed by atoms with E-state index < -0.39 is 34.2 Å². The Morgan fingerprint density at radius 1 is 1.41 bits per heavy atom. The Kier molecular flexibility index (Phi) is 7.02. The maximum Gasteiger partial charge on any atom is 1.00 e. The number of nitrogens with zero attached hydrogens (tertiary/aromatic N) is 4. The van der Waals surface area contributed by atoms with E-state index in [0.717, 1.165) is 0 Å². The third-order valence-corrected chi connectivity index (χ3v) is 4.19. The van der Waals surface area contributed by atoms with Gasteiger partial charge in [0.2, 0.25) is 10.4 Å². The second kappa shape index (κ2) is 8.62. The number of fused-ring (bicyclic) bond motifs is 2. The second-order valence-corrected chi connectivity index (χ2v) is 8.31. The summed E-state index contributed by atoms with van der Waals surface area (Å²) < 4.78 is 43.4. The molecule has 3 rings (SSSR count). The minimum absolute atomic E-state index is 0. The van der Waals surface area contributed by atoms with E-state index in [0.29, 0.717) is 16.3 Å². The van der Waals surface area contributed by atoms with Gasteiger partial charge in [-0.15, -0.1) is 0 Å². The average molecular weight is 437 g/mol. The average Bonchev–Trinajstić information content (AvgIpc) is 3.10. The van der Waals surface area contributed by atoms with Crippen LogP contribution in [-0.2, 0) is 26.0 Å². The predicted molar refractivity (Wildman–Crippen MR) is 93.0 cm³/mol. The van der Waals surface area contributed by atoms with E-state index in [9.17, 15) is 22.6 Å². The number of nitrogens with one attached hydrogen (secondary N) is 1. The number of amides is 3. The van der Waals surface area contributed by atoms with Gasteiger partial charge in [-0.2, -0.15) is 14.4 Å². The van der Waals surface area contributed by atoms with Crippen molar-refractivity contribution in [2.75, 3.05) is 13.1 Å². The molecule has 0 aromatic carbocycles. The summed E-state index contributed by atoms with van der Waals surface area (Å²) >= 11 is 0. The number of carbonyl (C=O) groups excluding carboxylic acids is 2. The van der Waals surface area contributed by atoms with E-state index in [1.54, 1.807) is 39.2 Å². The fourth-order valence-corrected chi connectivity index (χ4v) is 3.18. The molecule has 1 unspecified atom stereocenters. The number of rotatable bonds is 5. The van der Waals surface area contributed by atoms with Crippen molar-refractivity contribution in [3.63, 3.8) is 0 Å². The van der Waals surface area contributed by atoms with Crippen LogP contribution in [0.3, 0.4) is 0 Å². The van der Waals surface area contributed by atoms with Gasteiger partial charge in [0.1, 0.15) is 11.6 Å². The third kappa shape index (κ3) is 6.17. The molecule has 1 aromatic heterocycles. The first-order valence-electron chi connectivity index (χ1n) is 8.36. The number of aromatic nitrogens is 2. The first-order valence-corrected chi connectivity index (χ1v) is 9.70. The summed E-state index contributed by atoms with van der Waals surface area (Å²) in [5.74, 6) is 0. The zero-order valence-corrected chi connectivity index (χ0v) is 19.3. The van der Waals surface area contributed by atoms with Crippen LogP contribution in [0.4, 0.5) is 9.59 Å². The van der Waals surface area contributed by atoms with Gasteiger partial charge in [-0.25, -0.2) is 22.7 Å². The topological polar surface area (TPSA) is 146 Å². The van der Waals surface area contributed by atoms with Crippen molar-refractivity contribution in [2.24, 2.45) is 0 Å². The molecular weight excluding hydrogens is 417 g/mol. The Hall–Kier alpha value is -1.64. The number of alkyl carbamates (subject to hydrolysis) is 1. The van der Waals surface area contributed by atoms with Crippen LogP contribution in [0.15, 0.2) is 18.5 Å². The van der Waals surface area contributed by atoms with E-state index in [1.165, 1.54) is 9.58 Å². The third-order valence-electron chi connectivity index (χ3n) is 3.84. The minimum atomic E-state index is -5.06. The Labute approximate surface area is 190 Å². The van der Waals surface area contributed by atoms with Crippen LogP contribution >= 0.6 is 0 Å². The number of ether oxygens (including phenoxy) is 1. The minimum Gasteiger partial charge on any atom is -0.724 e. The molecule has 12 nitrogen and oxygen atoms in total. The van der Waals surface area contributed by atoms with Crippen molar-refractivity contribution >= 4 is 28.2 Å². The monoisotopic (exact) mass is 437 g/mol. The number of urea groups is 1. The Morgan fingerprint density at radius 3 is 2.72 bits per heavy atom. The molecule has 0 saturated carbocycles. The first-order chi connectivity index (χ1) is 12.9. The molecular formula is C15H20N5NaO7S. The van der Waals surface area contributed by atoms with Gasteiger partial charge in [0, 0.05) is 24.8 Å². The summed E-state index contributed by atoms with van der Waals surface area (Å²) in [6.07, 6.45) is 4.25. The molecule has 0 radical (unpaired) electrons. The van der Waals surface area contributed by atoms with Crippen LogP contribution < -0.4 is 34.9 Å². The molecule has 2 aliphatic rings. The van der Waals surface area contributed by atoms with Gasteiger partial charge in [0.05, 0.1) is 18.4 Å². The van der Waals surface area contributed by atoms with Gasteiger partial charge in [0.25, 0.3) is 0 Å². The maximum atomic E-state index is 12.1. The van der Waals surface area contributed by atoms with Gasteiger partial charge in [-0.05, 0) is 26.8 Å². The van der Waals surface area contributed by atoms with Crippen molar-refractivity contribution in [1.82, 2.24) is 25.1 Å². The number of hydroxylamine groups is 2. The SMILES string of the molecule is CC(C)(C)OC(=O)NCc1cnn(C2=CC3CN(C2)C(=O)N3OS(=O)(=O)[O-])c1.[Na+]. The van der Waals surface area contributed by atoms with Crippen LogP contribution in [0.1, 0.15) is 26.3 Å². The largest absolute Gasteiger partial charge is 1.00 e. The van der Waals surface area contributed by atoms with Crippen molar-refractivity contribution in [3.8, 4) is 0 Å². The van der Waals surface area contributed by atoms with E-state index in [4.69, 9.17) is 4.74 Å². The van der Waals surface area contributed by atoms with Gasteiger partial charge < -0.3 is 19.5 Å². The standard InChI is InChI=1S/C15H21N5O7S.Na/c1-15(2,3)26-13(21)16-5-10-6-17-19(7-10)11-4-12-9-18(8-11)14(22)20(12)27-28(23,24)25;/h4,6-7,12H,5,8-9H2,1-3H3,(H,16,21)(H,23,24,25);/q;+1/p-1. The number of hydrogen-bond donors (Lipinski definition) is 1. The molecule has 0 aliphatic carbocycles. The number of carbonyl (C=O) groups is 2. The zero-order valence-electron chi connectivity index (χ0n) is 16.5. The molecule has 1 aromatic rings. The maximum absolute atomic E-state index is 12.1. The molecule has 1 fully saturated rings. The fraction of sp³-hybridized carbons (Fsp3) is 0.533. The summed E-state index contributed by atoms with van der Waals surface area (Å²) in [7, 11) is -5.06. The van der Waals surface area contributed by atoms with Gasteiger partial charge >= 0.3 is 41.7 Å². The van der Waals surface area contributed by atoms with Crippen LogP contribution in [0.2, 0.25) is 0 Å². The Bertz CT molecular complexity index is 924. The van der Waals surface area contributed by atoms with Crippen molar-refractivity contribution in [3.05, 3.63) is 24.0 Å². The Balaban J connectivity index is 0.00000300. The summed E-state index contributed by atoms with van der Waals surface area (Å²) in [6.45, 7) is 5.83. The molecule has 154 valence electrons. The van der Waals surface area contributed by atoms with Crippen LogP contribution in [0.25, 0.3) is 5.70 Å². The summed E-state index contributed by atoms with van der Waals surface area (Å²) in [5.41, 5.74) is 0.691. The molecule has 0 spiro atoms. The smallest absolute Gasteiger partial charge is 0.724 e. The van der Waals surface area contributed by atoms with Crippen molar-refractivity contribution in [2.45, 2.75) is 39.0 Å². The van der Waals surface area contributed by atoms with E-state index in [2.05, 4.69) is 14.7 Å². The molecule has 2 bridgehead atoms. The normalized spacial score (nSPS) is 19.0. The van der Waals surface area contributed by atoms with Crippen LogP contribution in [0, 0.1) is 0 Å². The van der Waals surface area contributed by atoms with E-state index in [1.807, 2.05) is 0 Å². The number of hydrogen-bond acceptors (Lipinski definition) is 8. The molecule has 3 amide bonds. The fourth-order valence-electron chi connectivity index (χ4n) is 2.81. The molecule has 29 heavy (non-hydrogen) atoms. The molecule has 3 heterocycles. The molecule has 1 atom stereocenters. The molecule has 14 heteroatoms.